The van der Waals surface area contributed by atoms with Crippen molar-refractivity contribution in [3.8, 4) is 0 Å². The molecule has 134 valence electrons. The minimum absolute atomic E-state index is 0.250. The van der Waals surface area contributed by atoms with Crippen LogP contribution in [0.4, 0.5) is 4.79 Å². The van der Waals surface area contributed by atoms with E-state index in [9.17, 15) is 9.59 Å². The number of hydrogen-bond donors (Lipinski definition) is 2. The van der Waals surface area contributed by atoms with Crippen LogP contribution in [0, 0.1) is 23.2 Å². The highest BCUT2D eigenvalue weighted by atomic mass is 16.2. The highest BCUT2D eigenvalue weighted by Gasteiger charge is 2.51. The molecule has 1 unspecified atom stereocenters. The Morgan fingerprint density at radius 3 is 2.12 bits per heavy atom. The molecule has 0 spiro atoms. The van der Waals surface area contributed by atoms with Gasteiger partial charge in [-0.25, -0.2) is 4.79 Å². The lowest BCUT2D eigenvalue weighted by molar-refractivity contribution is -0.127. The summed E-state index contributed by atoms with van der Waals surface area (Å²) in [4.78, 5) is 24.3. The van der Waals surface area contributed by atoms with Crippen molar-refractivity contribution in [2.45, 2.75) is 57.4 Å². The molecule has 2 amide bonds. The average Bonchev–Trinajstić information content (AvgIpc) is 2.52. The molecule has 4 aliphatic rings. The lowest BCUT2D eigenvalue weighted by atomic mass is 9.48. The molecule has 4 bridgehead atoms. The van der Waals surface area contributed by atoms with Crippen LogP contribution in [0.3, 0.4) is 0 Å². The molecule has 5 rings (SSSR count). The van der Waals surface area contributed by atoms with Crippen molar-refractivity contribution in [1.82, 2.24) is 5.32 Å². The van der Waals surface area contributed by atoms with Crippen LogP contribution in [-0.4, -0.2) is 11.8 Å². The molecular weight excluding hydrogens is 312 g/mol. The average molecular weight is 340 g/mol. The summed E-state index contributed by atoms with van der Waals surface area (Å²) in [5, 5.41) is 2.75. The third kappa shape index (κ3) is 3.58. The van der Waals surface area contributed by atoms with E-state index in [0.717, 1.165) is 23.3 Å². The second-order valence-corrected chi connectivity index (χ2v) is 8.81. The van der Waals surface area contributed by atoms with Crippen LogP contribution in [-0.2, 0) is 4.79 Å². The minimum Gasteiger partial charge on any atom is -0.352 e. The van der Waals surface area contributed by atoms with E-state index in [-0.39, 0.29) is 17.2 Å². The molecule has 3 N–H and O–H groups in total. The van der Waals surface area contributed by atoms with E-state index >= 15 is 0 Å². The molecule has 0 heterocycles. The zero-order valence-corrected chi connectivity index (χ0v) is 14.7. The summed E-state index contributed by atoms with van der Waals surface area (Å²) in [5.74, 6) is 2.83. The lowest BCUT2D eigenvalue weighted by Gasteiger charge is -2.56. The van der Waals surface area contributed by atoms with Gasteiger partial charge >= 0.3 is 6.03 Å². The van der Waals surface area contributed by atoms with E-state index in [1.54, 1.807) is 0 Å². The van der Waals surface area contributed by atoms with Gasteiger partial charge < -0.3 is 11.1 Å². The predicted molar refractivity (Wildman–Crippen MR) is 96.7 cm³/mol. The van der Waals surface area contributed by atoms with Gasteiger partial charge in [-0.05, 0) is 67.3 Å². The summed E-state index contributed by atoms with van der Waals surface area (Å²) >= 11 is 0. The minimum atomic E-state index is -0.573. The SMILES string of the molecule is NC(=O)NC(CC(=O)CC12CC3CC(CC(C3)C1)C2)c1ccccc1. The van der Waals surface area contributed by atoms with Gasteiger partial charge in [-0.3, -0.25) is 4.79 Å². The zero-order valence-electron chi connectivity index (χ0n) is 14.7. The van der Waals surface area contributed by atoms with Crippen molar-refractivity contribution in [2.24, 2.45) is 28.9 Å². The molecule has 1 atom stereocenters. The van der Waals surface area contributed by atoms with Crippen LogP contribution < -0.4 is 11.1 Å². The molecule has 0 aliphatic heterocycles. The first-order valence-corrected chi connectivity index (χ1v) is 9.64. The molecule has 4 saturated carbocycles. The van der Waals surface area contributed by atoms with E-state index in [0.29, 0.717) is 12.8 Å². The van der Waals surface area contributed by atoms with Crippen LogP contribution in [0.1, 0.15) is 63.0 Å². The predicted octanol–water partition coefficient (Wildman–Crippen LogP) is 3.96. The fourth-order valence-electron chi connectivity index (χ4n) is 6.33. The second-order valence-electron chi connectivity index (χ2n) is 8.81. The number of carbonyl (C=O) groups is 2. The Morgan fingerprint density at radius 2 is 1.60 bits per heavy atom. The van der Waals surface area contributed by atoms with Crippen LogP contribution in [0.2, 0.25) is 0 Å². The first-order valence-electron chi connectivity index (χ1n) is 9.64. The van der Waals surface area contributed by atoms with Gasteiger partial charge in [0.15, 0.2) is 0 Å². The van der Waals surface area contributed by atoms with Crippen molar-refractivity contribution in [2.75, 3.05) is 0 Å². The fraction of sp³-hybridized carbons (Fsp3) is 0.619. The first-order chi connectivity index (χ1) is 12.0. The van der Waals surface area contributed by atoms with Crippen molar-refractivity contribution >= 4 is 11.8 Å². The van der Waals surface area contributed by atoms with Gasteiger partial charge in [-0.1, -0.05) is 30.3 Å². The van der Waals surface area contributed by atoms with Gasteiger partial charge in [0.05, 0.1) is 6.04 Å². The highest BCUT2D eigenvalue weighted by molar-refractivity contribution is 5.81. The fourth-order valence-corrected chi connectivity index (χ4v) is 6.33. The molecule has 4 heteroatoms. The molecule has 4 nitrogen and oxygen atoms in total. The molecule has 0 aromatic heterocycles. The number of carbonyl (C=O) groups excluding carboxylic acids is 2. The number of Topliss-reactive ketones (excluding diaryl/α,β-unsaturated/α-hetero) is 1. The molecular formula is C21H28N2O2. The quantitative estimate of drug-likeness (QED) is 0.822. The maximum absolute atomic E-state index is 12.9. The third-order valence-corrected chi connectivity index (χ3v) is 6.69. The van der Waals surface area contributed by atoms with Gasteiger partial charge in [0, 0.05) is 12.8 Å². The number of urea groups is 1. The number of nitrogens with two attached hydrogens (primary N) is 1. The van der Waals surface area contributed by atoms with E-state index in [2.05, 4.69) is 5.32 Å². The largest absolute Gasteiger partial charge is 0.352 e. The van der Waals surface area contributed by atoms with Gasteiger partial charge in [-0.15, -0.1) is 0 Å². The summed E-state index contributed by atoms with van der Waals surface area (Å²) < 4.78 is 0. The number of benzene rings is 1. The molecule has 4 fully saturated rings. The van der Waals surface area contributed by atoms with Crippen LogP contribution in [0.15, 0.2) is 30.3 Å². The molecule has 1 aromatic rings. The molecule has 25 heavy (non-hydrogen) atoms. The van der Waals surface area contributed by atoms with E-state index in [1.807, 2.05) is 30.3 Å². The zero-order chi connectivity index (χ0) is 17.4. The Hall–Kier alpha value is -1.84. The second kappa shape index (κ2) is 6.47. The Morgan fingerprint density at radius 1 is 1.04 bits per heavy atom. The highest BCUT2D eigenvalue weighted by Crippen LogP contribution is 2.61. The van der Waals surface area contributed by atoms with Crippen molar-refractivity contribution in [1.29, 1.82) is 0 Å². The number of ketones is 1. The summed E-state index contributed by atoms with van der Waals surface area (Å²) in [5.41, 5.74) is 6.53. The van der Waals surface area contributed by atoms with Gasteiger partial charge in [0.25, 0.3) is 0 Å². The van der Waals surface area contributed by atoms with Crippen molar-refractivity contribution < 1.29 is 9.59 Å². The number of nitrogens with one attached hydrogen (secondary N) is 1. The molecule has 0 saturated heterocycles. The Kier molecular flexibility index (Phi) is 4.30. The van der Waals surface area contributed by atoms with Crippen molar-refractivity contribution in [3.63, 3.8) is 0 Å². The van der Waals surface area contributed by atoms with Crippen LogP contribution in [0.25, 0.3) is 0 Å². The van der Waals surface area contributed by atoms with Crippen molar-refractivity contribution in [3.05, 3.63) is 35.9 Å². The first kappa shape index (κ1) is 16.6. The lowest BCUT2D eigenvalue weighted by Crippen LogP contribution is -2.47. The van der Waals surface area contributed by atoms with E-state index < -0.39 is 6.03 Å². The van der Waals surface area contributed by atoms with Crippen LogP contribution in [0.5, 0.6) is 0 Å². The summed E-state index contributed by atoms with van der Waals surface area (Å²) in [6, 6.07) is 8.78. The van der Waals surface area contributed by atoms with E-state index in [1.165, 1.54) is 38.5 Å². The summed E-state index contributed by atoms with van der Waals surface area (Å²) in [7, 11) is 0. The smallest absolute Gasteiger partial charge is 0.312 e. The van der Waals surface area contributed by atoms with E-state index in [4.69, 9.17) is 5.73 Å². The number of primary amides is 1. The van der Waals surface area contributed by atoms with Gasteiger partial charge in [-0.2, -0.15) is 0 Å². The normalized spacial score (nSPS) is 33.8. The number of rotatable bonds is 6. The third-order valence-electron chi connectivity index (χ3n) is 6.69. The van der Waals surface area contributed by atoms with Crippen LogP contribution >= 0.6 is 0 Å². The number of hydrogen-bond acceptors (Lipinski definition) is 2. The van der Waals surface area contributed by atoms with Gasteiger partial charge in [0.1, 0.15) is 5.78 Å². The number of amides is 2. The standard InChI is InChI=1S/C21H28N2O2/c22-20(25)23-19(17-4-2-1-3-5-17)9-18(24)13-21-10-14-6-15(11-21)8-16(7-14)12-21/h1-5,14-16,19H,6-13H2,(H3,22,23,25). The van der Waals surface area contributed by atoms with Gasteiger partial charge in [0.2, 0.25) is 0 Å². The molecule has 4 aliphatic carbocycles. The summed E-state index contributed by atoms with van der Waals surface area (Å²) in [6.07, 6.45) is 8.92. The maximum atomic E-state index is 12.9. The summed E-state index contributed by atoms with van der Waals surface area (Å²) in [6.45, 7) is 0. The Labute approximate surface area is 149 Å². The monoisotopic (exact) mass is 340 g/mol. The Bertz CT molecular complexity index is 620. The molecule has 0 radical (unpaired) electrons. The topological polar surface area (TPSA) is 72.2 Å². The molecule has 1 aromatic carbocycles. The Balaban J connectivity index is 1.44. The maximum Gasteiger partial charge on any atom is 0.312 e.